The highest BCUT2D eigenvalue weighted by Crippen LogP contribution is 2.42. The highest BCUT2D eigenvalue weighted by Gasteiger charge is 2.21. The van der Waals surface area contributed by atoms with Crippen molar-refractivity contribution in [1.29, 1.82) is 0 Å². The highest BCUT2D eigenvalue weighted by atomic mass is 32.1. The van der Waals surface area contributed by atoms with Gasteiger partial charge in [-0.05, 0) is 35.7 Å². The minimum atomic E-state index is 0.139. The molecule has 0 radical (unpaired) electrons. The summed E-state index contributed by atoms with van der Waals surface area (Å²) in [6.45, 7) is 0. The van der Waals surface area contributed by atoms with Crippen molar-refractivity contribution in [2.45, 2.75) is 12.5 Å². The molecule has 5 heteroatoms. The number of rotatable bonds is 5. The van der Waals surface area contributed by atoms with Crippen LogP contribution >= 0.6 is 11.3 Å². The Hall–Kier alpha value is -6.17. The van der Waals surface area contributed by atoms with E-state index in [0.29, 0.717) is 17.5 Å². The number of aromatic nitrogens is 4. The Balaban J connectivity index is 1.07. The van der Waals surface area contributed by atoms with Crippen LogP contribution in [0.2, 0.25) is 0 Å². The van der Waals surface area contributed by atoms with Crippen LogP contribution in [0.4, 0.5) is 0 Å². The lowest BCUT2D eigenvalue weighted by molar-refractivity contribution is 0.649. The lowest BCUT2D eigenvalue weighted by atomic mass is 10.00. The summed E-state index contributed by atoms with van der Waals surface area (Å²) in [6, 6.07) is 51.7. The fraction of sp³-hybridized carbons (Fsp3) is 0.0444. The van der Waals surface area contributed by atoms with Crippen molar-refractivity contribution in [3.63, 3.8) is 0 Å². The quantitative estimate of drug-likeness (QED) is 0.185. The van der Waals surface area contributed by atoms with Crippen molar-refractivity contribution in [3.8, 4) is 33.9 Å². The van der Waals surface area contributed by atoms with Crippen LogP contribution in [-0.4, -0.2) is 19.5 Å². The predicted octanol–water partition coefficient (Wildman–Crippen LogP) is 11.9. The van der Waals surface area contributed by atoms with Crippen LogP contribution in [0.1, 0.15) is 18.3 Å². The van der Waals surface area contributed by atoms with Gasteiger partial charge in [0.15, 0.2) is 17.5 Å². The van der Waals surface area contributed by atoms with Crippen LogP contribution in [0.5, 0.6) is 0 Å². The maximum Gasteiger partial charge on any atom is 0.164 e. The standard InChI is InChI=1S/C45H30N4S/c1-3-12-29(13-4-1)43-46-44(30-14-5-2-6-15-30)48-45(47-43)31-22-25-33(26-23-31)49-39-20-9-7-16-35(39)36-27-24-32(28-40(36)49)34-18-11-19-38-37-17-8-10-21-41(37)50-42(34)38/h1-25,27-28,33H,26H2. The zero-order chi connectivity index (χ0) is 33.0. The summed E-state index contributed by atoms with van der Waals surface area (Å²) in [5.41, 5.74) is 7.95. The SMILES string of the molecule is C1=CC(n2c3ccccc3c3ccc(-c4cccc5c4sc4ccccc45)cc32)CC=C1c1nc(-c2ccccc2)nc(-c2ccccc2)n1. The molecule has 0 bridgehead atoms. The van der Waals surface area contributed by atoms with E-state index in [0.717, 1.165) is 23.1 Å². The largest absolute Gasteiger partial charge is 0.333 e. The van der Waals surface area contributed by atoms with Gasteiger partial charge >= 0.3 is 0 Å². The number of allylic oxidation sites excluding steroid dienone is 4. The zero-order valence-corrected chi connectivity index (χ0v) is 27.9. The molecule has 0 fully saturated rings. The van der Waals surface area contributed by atoms with Crippen molar-refractivity contribution in [3.05, 3.63) is 170 Å². The molecule has 4 nitrogen and oxygen atoms in total. The van der Waals surface area contributed by atoms with Crippen molar-refractivity contribution in [2.75, 3.05) is 0 Å². The smallest absolute Gasteiger partial charge is 0.164 e. The van der Waals surface area contributed by atoms with Gasteiger partial charge in [0.25, 0.3) is 0 Å². The average Bonchev–Trinajstić information content (AvgIpc) is 3.74. The summed E-state index contributed by atoms with van der Waals surface area (Å²) in [5.74, 6) is 2.04. The minimum absolute atomic E-state index is 0.139. The molecule has 0 saturated heterocycles. The summed E-state index contributed by atoms with van der Waals surface area (Å²) in [6.07, 6.45) is 7.61. The maximum absolute atomic E-state index is 4.98. The van der Waals surface area contributed by atoms with Gasteiger partial charge in [-0.15, -0.1) is 11.3 Å². The second-order valence-corrected chi connectivity index (χ2v) is 13.8. The molecule has 3 heterocycles. The number of hydrogen-bond acceptors (Lipinski definition) is 4. The molecule has 1 aliphatic rings. The van der Waals surface area contributed by atoms with E-state index in [4.69, 9.17) is 15.0 Å². The summed E-state index contributed by atoms with van der Waals surface area (Å²) >= 11 is 1.88. The van der Waals surface area contributed by atoms with Crippen molar-refractivity contribution in [1.82, 2.24) is 19.5 Å². The Morgan fingerprint density at radius 2 is 1.16 bits per heavy atom. The van der Waals surface area contributed by atoms with Crippen LogP contribution in [0, 0.1) is 0 Å². The topological polar surface area (TPSA) is 43.6 Å². The third-order valence-corrected chi connectivity index (χ3v) is 11.0. The number of fused-ring (bicyclic) bond motifs is 6. The Labute approximate surface area is 293 Å². The molecule has 0 spiro atoms. The van der Waals surface area contributed by atoms with Crippen LogP contribution in [-0.2, 0) is 0 Å². The molecule has 0 saturated carbocycles. The Kier molecular flexibility index (Phi) is 6.78. The predicted molar refractivity (Wildman–Crippen MR) is 209 cm³/mol. The number of hydrogen-bond donors (Lipinski definition) is 0. The average molecular weight is 659 g/mol. The Bertz CT molecular complexity index is 2730. The molecule has 0 aliphatic heterocycles. The van der Waals surface area contributed by atoms with Gasteiger partial charge < -0.3 is 4.57 Å². The van der Waals surface area contributed by atoms with E-state index >= 15 is 0 Å². The lowest BCUT2D eigenvalue weighted by Gasteiger charge is -2.21. The van der Waals surface area contributed by atoms with Crippen LogP contribution < -0.4 is 0 Å². The first-order chi connectivity index (χ1) is 24.8. The number of thiophene rings is 1. The van der Waals surface area contributed by atoms with Crippen molar-refractivity contribution >= 4 is 58.9 Å². The van der Waals surface area contributed by atoms with Crippen LogP contribution in [0.25, 0.3) is 81.5 Å². The molecule has 10 rings (SSSR count). The third kappa shape index (κ3) is 4.78. The molecule has 50 heavy (non-hydrogen) atoms. The maximum atomic E-state index is 4.98. The molecule has 0 N–H and O–H groups in total. The van der Waals surface area contributed by atoms with E-state index < -0.39 is 0 Å². The number of nitrogens with zero attached hydrogens (tertiary/aromatic N) is 4. The Morgan fingerprint density at radius 3 is 1.90 bits per heavy atom. The third-order valence-electron chi connectivity index (χ3n) is 9.79. The van der Waals surface area contributed by atoms with Gasteiger partial charge in [0.1, 0.15) is 0 Å². The lowest BCUT2D eigenvalue weighted by Crippen LogP contribution is -2.09. The normalized spacial score (nSPS) is 14.6. The molecule has 9 aromatic rings. The fourth-order valence-corrected chi connectivity index (χ4v) is 8.64. The van der Waals surface area contributed by atoms with Crippen LogP contribution in [0.3, 0.4) is 0 Å². The molecular weight excluding hydrogens is 629 g/mol. The van der Waals surface area contributed by atoms with E-state index in [1.807, 2.05) is 72.0 Å². The number of para-hydroxylation sites is 1. The summed E-state index contributed by atoms with van der Waals surface area (Å²) in [4.78, 5) is 14.8. The molecule has 6 aromatic carbocycles. The summed E-state index contributed by atoms with van der Waals surface area (Å²) in [7, 11) is 0. The van der Waals surface area contributed by atoms with Gasteiger partial charge in [0, 0.05) is 53.2 Å². The molecular formula is C45H30N4S. The Morgan fingerprint density at radius 1 is 0.520 bits per heavy atom. The highest BCUT2D eigenvalue weighted by molar-refractivity contribution is 7.26. The summed E-state index contributed by atoms with van der Waals surface area (Å²) < 4.78 is 5.18. The zero-order valence-electron chi connectivity index (χ0n) is 27.1. The number of benzene rings is 6. The van der Waals surface area contributed by atoms with Gasteiger partial charge in [-0.25, -0.2) is 15.0 Å². The van der Waals surface area contributed by atoms with Gasteiger partial charge in [-0.3, -0.25) is 0 Å². The minimum Gasteiger partial charge on any atom is -0.333 e. The molecule has 236 valence electrons. The van der Waals surface area contributed by atoms with Gasteiger partial charge in [-0.2, -0.15) is 0 Å². The molecule has 0 amide bonds. The van der Waals surface area contributed by atoms with E-state index in [1.54, 1.807) is 0 Å². The van der Waals surface area contributed by atoms with Gasteiger partial charge in [0.05, 0.1) is 11.6 Å². The molecule has 3 aromatic heterocycles. The van der Waals surface area contributed by atoms with E-state index in [1.165, 1.54) is 53.1 Å². The van der Waals surface area contributed by atoms with Crippen molar-refractivity contribution in [2.24, 2.45) is 0 Å². The molecule has 1 unspecified atom stereocenters. The van der Waals surface area contributed by atoms with Gasteiger partial charge in [0.2, 0.25) is 0 Å². The first-order valence-electron chi connectivity index (χ1n) is 17.0. The monoisotopic (exact) mass is 658 g/mol. The van der Waals surface area contributed by atoms with Crippen LogP contribution in [0.15, 0.2) is 164 Å². The second-order valence-electron chi connectivity index (χ2n) is 12.8. The molecule has 1 atom stereocenters. The van der Waals surface area contributed by atoms with Crippen molar-refractivity contribution < 1.29 is 0 Å². The van der Waals surface area contributed by atoms with E-state index in [-0.39, 0.29) is 6.04 Å². The summed E-state index contributed by atoms with van der Waals surface area (Å²) in [5, 5.41) is 5.19. The molecule has 1 aliphatic carbocycles. The van der Waals surface area contributed by atoms with E-state index in [2.05, 4.69) is 108 Å². The second kappa shape index (κ2) is 11.8. The fourth-order valence-electron chi connectivity index (χ4n) is 7.40. The first-order valence-corrected chi connectivity index (χ1v) is 17.8. The van der Waals surface area contributed by atoms with Gasteiger partial charge in [-0.1, -0.05) is 146 Å². The first kappa shape index (κ1) is 28.8. The van der Waals surface area contributed by atoms with E-state index in [9.17, 15) is 0 Å².